The van der Waals surface area contributed by atoms with E-state index in [2.05, 4.69) is 11.9 Å². The van der Waals surface area contributed by atoms with Crippen LogP contribution in [-0.4, -0.2) is 11.9 Å². The first-order valence-electron chi connectivity index (χ1n) is 6.28. The molecule has 1 aromatic carbocycles. The highest BCUT2D eigenvalue weighted by Crippen LogP contribution is 2.19. The molecular weight excluding hydrogens is 260 g/mol. The van der Waals surface area contributed by atoms with Crippen LogP contribution in [0.2, 0.25) is 0 Å². The van der Waals surface area contributed by atoms with Crippen LogP contribution in [0.3, 0.4) is 0 Å². The molecule has 19 heavy (non-hydrogen) atoms. The van der Waals surface area contributed by atoms with Crippen molar-refractivity contribution in [3.8, 4) is 0 Å². The zero-order chi connectivity index (χ0) is 13.5. The third kappa shape index (κ3) is 5.45. The van der Waals surface area contributed by atoms with Crippen molar-refractivity contribution in [1.82, 2.24) is 5.32 Å². The van der Waals surface area contributed by atoms with Crippen molar-refractivity contribution in [3.05, 3.63) is 48.6 Å². The van der Waals surface area contributed by atoms with Gasteiger partial charge < -0.3 is 11.1 Å². The van der Waals surface area contributed by atoms with Gasteiger partial charge in [-0.2, -0.15) is 0 Å². The Balaban J connectivity index is 0.00000324. The number of halogens is 1. The third-order valence-corrected chi connectivity index (χ3v) is 3.05. The normalized spacial score (nSPS) is 14.7. The zero-order valence-corrected chi connectivity index (χ0v) is 12.3. The van der Waals surface area contributed by atoms with Gasteiger partial charge >= 0.3 is 0 Å². The second kappa shape index (κ2) is 8.73. The summed E-state index contributed by atoms with van der Waals surface area (Å²) in [6.45, 7) is 7.47. The van der Waals surface area contributed by atoms with E-state index in [9.17, 15) is 4.79 Å². The van der Waals surface area contributed by atoms with Gasteiger partial charge in [-0.3, -0.25) is 4.79 Å². The van der Waals surface area contributed by atoms with E-state index in [-0.39, 0.29) is 36.3 Å². The van der Waals surface area contributed by atoms with Gasteiger partial charge in [-0.05, 0) is 18.9 Å². The first-order valence-corrected chi connectivity index (χ1v) is 6.28. The molecule has 0 spiro atoms. The van der Waals surface area contributed by atoms with Gasteiger partial charge in [-0.15, -0.1) is 19.0 Å². The van der Waals surface area contributed by atoms with Gasteiger partial charge in [0, 0.05) is 12.1 Å². The molecular formula is C15H23ClN2O. The lowest BCUT2D eigenvalue weighted by Crippen LogP contribution is -2.40. The van der Waals surface area contributed by atoms with E-state index in [0.717, 1.165) is 12.0 Å². The first-order chi connectivity index (χ1) is 8.56. The molecule has 0 saturated heterocycles. The molecule has 3 nitrogen and oxygen atoms in total. The summed E-state index contributed by atoms with van der Waals surface area (Å²) >= 11 is 0. The van der Waals surface area contributed by atoms with E-state index in [0.29, 0.717) is 0 Å². The van der Waals surface area contributed by atoms with Crippen molar-refractivity contribution in [1.29, 1.82) is 0 Å². The fourth-order valence-electron chi connectivity index (χ4n) is 1.81. The van der Waals surface area contributed by atoms with Crippen LogP contribution in [0.4, 0.5) is 0 Å². The molecule has 1 rings (SSSR count). The third-order valence-electron chi connectivity index (χ3n) is 3.05. The quantitative estimate of drug-likeness (QED) is 0.788. The molecule has 0 aliphatic rings. The van der Waals surface area contributed by atoms with Crippen molar-refractivity contribution in [2.45, 2.75) is 32.4 Å². The average molecular weight is 283 g/mol. The summed E-state index contributed by atoms with van der Waals surface area (Å²) in [4.78, 5) is 12.0. The lowest BCUT2D eigenvalue weighted by molar-refractivity contribution is -0.125. The molecule has 0 bridgehead atoms. The van der Waals surface area contributed by atoms with Crippen LogP contribution in [0.15, 0.2) is 43.0 Å². The van der Waals surface area contributed by atoms with Crippen LogP contribution < -0.4 is 11.1 Å². The van der Waals surface area contributed by atoms with Gasteiger partial charge in [-0.25, -0.2) is 0 Å². The monoisotopic (exact) mass is 282 g/mol. The molecule has 3 N–H and O–H groups in total. The summed E-state index contributed by atoms with van der Waals surface area (Å²) < 4.78 is 0. The van der Waals surface area contributed by atoms with Gasteiger partial charge in [-0.1, -0.05) is 43.3 Å². The number of hydrogen-bond donors (Lipinski definition) is 2. The summed E-state index contributed by atoms with van der Waals surface area (Å²) in [6.07, 6.45) is 2.56. The standard InChI is InChI=1S/C15H22N2O.ClH/c1-4-8-11(2)17-15(18)12(3)14(16)13-9-6-5-7-10-13;/h4-7,9-12,14H,1,8,16H2,2-3H3,(H,17,18);1H. The van der Waals surface area contributed by atoms with E-state index in [1.54, 1.807) is 6.08 Å². The summed E-state index contributed by atoms with van der Waals surface area (Å²) in [6, 6.07) is 9.51. The number of rotatable bonds is 6. The molecule has 0 fully saturated rings. The van der Waals surface area contributed by atoms with Crippen LogP contribution in [0.1, 0.15) is 31.9 Å². The number of nitrogens with one attached hydrogen (secondary N) is 1. The Bertz CT molecular complexity index is 394. The predicted octanol–water partition coefficient (Wildman–Crippen LogP) is 2.83. The molecule has 0 heterocycles. The largest absolute Gasteiger partial charge is 0.353 e. The van der Waals surface area contributed by atoms with Crippen molar-refractivity contribution in [2.75, 3.05) is 0 Å². The van der Waals surface area contributed by atoms with Crippen LogP contribution in [0.5, 0.6) is 0 Å². The molecule has 0 saturated carbocycles. The highest BCUT2D eigenvalue weighted by atomic mass is 35.5. The van der Waals surface area contributed by atoms with E-state index in [1.165, 1.54) is 0 Å². The SMILES string of the molecule is C=CCC(C)NC(=O)C(C)C(N)c1ccccc1.Cl. The van der Waals surface area contributed by atoms with E-state index in [1.807, 2.05) is 44.2 Å². The Morgan fingerprint density at radius 2 is 1.95 bits per heavy atom. The second-order valence-electron chi connectivity index (χ2n) is 4.66. The second-order valence-corrected chi connectivity index (χ2v) is 4.66. The summed E-state index contributed by atoms with van der Waals surface area (Å²) in [7, 11) is 0. The van der Waals surface area contributed by atoms with Gasteiger partial charge in [0.1, 0.15) is 0 Å². The van der Waals surface area contributed by atoms with Gasteiger partial charge in [0.2, 0.25) is 5.91 Å². The summed E-state index contributed by atoms with van der Waals surface area (Å²) in [5, 5.41) is 2.94. The molecule has 0 aliphatic carbocycles. The Hall–Kier alpha value is -1.32. The molecule has 3 atom stereocenters. The van der Waals surface area contributed by atoms with E-state index < -0.39 is 0 Å². The average Bonchev–Trinajstić information content (AvgIpc) is 2.38. The molecule has 0 aliphatic heterocycles. The van der Waals surface area contributed by atoms with E-state index >= 15 is 0 Å². The highest BCUT2D eigenvalue weighted by molar-refractivity contribution is 5.85. The lowest BCUT2D eigenvalue weighted by atomic mass is 9.94. The number of nitrogens with two attached hydrogens (primary N) is 1. The van der Waals surface area contributed by atoms with Gasteiger partial charge in [0.05, 0.1) is 5.92 Å². The van der Waals surface area contributed by atoms with E-state index in [4.69, 9.17) is 5.73 Å². The molecule has 1 amide bonds. The molecule has 0 aromatic heterocycles. The molecule has 1 aromatic rings. The minimum absolute atomic E-state index is 0. The van der Waals surface area contributed by atoms with Crippen molar-refractivity contribution in [3.63, 3.8) is 0 Å². The maximum atomic E-state index is 12.0. The van der Waals surface area contributed by atoms with Crippen LogP contribution >= 0.6 is 12.4 Å². The number of hydrogen-bond acceptors (Lipinski definition) is 2. The minimum atomic E-state index is -0.276. The Labute approximate surface area is 121 Å². The smallest absolute Gasteiger partial charge is 0.224 e. The minimum Gasteiger partial charge on any atom is -0.353 e. The van der Waals surface area contributed by atoms with Crippen molar-refractivity contribution in [2.24, 2.45) is 11.7 Å². The summed E-state index contributed by atoms with van der Waals surface area (Å²) in [5.74, 6) is -0.264. The fraction of sp³-hybridized carbons (Fsp3) is 0.400. The Morgan fingerprint density at radius 1 is 1.37 bits per heavy atom. The van der Waals surface area contributed by atoms with Crippen LogP contribution in [-0.2, 0) is 4.79 Å². The topological polar surface area (TPSA) is 55.1 Å². The number of carbonyl (C=O) groups excluding carboxylic acids is 1. The maximum Gasteiger partial charge on any atom is 0.224 e. The Kier molecular flexibility index (Phi) is 8.12. The van der Waals surface area contributed by atoms with Crippen LogP contribution in [0, 0.1) is 5.92 Å². The zero-order valence-electron chi connectivity index (χ0n) is 11.5. The molecule has 0 radical (unpaired) electrons. The number of amides is 1. The Morgan fingerprint density at radius 3 is 2.47 bits per heavy atom. The number of carbonyl (C=O) groups is 1. The first kappa shape index (κ1) is 17.7. The van der Waals surface area contributed by atoms with Gasteiger partial charge in [0.15, 0.2) is 0 Å². The highest BCUT2D eigenvalue weighted by Gasteiger charge is 2.22. The predicted molar refractivity (Wildman–Crippen MR) is 82.2 cm³/mol. The molecule has 4 heteroatoms. The van der Waals surface area contributed by atoms with Crippen molar-refractivity contribution >= 4 is 18.3 Å². The lowest BCUT2D eigenvalue weighted by Gasteiger charge is -2.22. The van der Waals surface area contributed by atoms with Crippen LogP contribution in [0.25, 0.3) is 0 Å². The van der Waals surface area contributed by atoms with Crippen molar-refractivity contribution < 1.29 is 4.79 Å². The number of benzene rings is 1. The molecule has 3 unspecified atom stereocenters. The fourth-order valence-corrected chi connectivity index (χ4v) is 1.81. The molecule has 106 valence electrons. The van der Waals surface area contributed by atoms with Gasteiger partial charge in [0.25, 0.3) is 0 Å². The summed E-state index contributed by atoms with van der Waals surface area (Å²) in [5.41, 5.74) is 7.09. The maximum absolute atomic E-state index is 12.0.